The first-order valence-corrected chi connectivity index (χ1v) is 13.7. The number of benzene rings is 5. The average Bonchev–Trinajstić information content (AvgIpc) is 3.05. The molecule has 8 rings (SSSR count). The predicted molar refractivity (Wildman–Crippen MR) is 158 cm³/mol. The van der Waals surface area contributed by atoms with Crippen LogP contribution in [0, 0.1) is 6.92 Å². The van der Waals surface area contributed by atoms with Crippen LogP contribution in [0.25, 0.3) is 11.1 Å². The van der Waals surface area contributed by atoms with Crippen LogP contribution in [0.4, 0.5) is 11.4 Å². The van der Waals surface area contributed by atoms with E-state index in [4.69, 9.17) is 4.74 Å². The number of rotatable bonds is 2. The third-order valence-corrected chi connectivity index (χ3v) is 8.85. The number of hydrogen-bond donors (Lipinski definition) is 0. The van der Waals surface area contributed by atoms with Crippen molar-refractivity contribution >= 4 is 29.1 Å². The van der Waals surface area contributed by atoms with Crippen LogP contribution in [-0.4, -0.2) is 6.85 Å². The third kappa shape index (κ3) is 3.02. The van der Waals surface area contributed by atoms with E-state index in [2.05, 4.69) is 128 Å². The summed E-state index contributed by atoms with van der Waals surface area (Å²) in [6.07, 6.45) is 1.02. The Labute approximate surface area is 224 Å². The number of nitrogens with zero attached hydrogens (tertiary/aromatic N) is 1. The van der Waals surface area contributed by atoms with Crippen molar-refractivity contribution in [2.45, 2.75) is 32.1 Å². The molecule has 3 aliphatic heterocycles. The van der Waals surface area contributed by atoms with Gasteiger partial charge in [-0.2, -0.15) is 0 Å². The lowest BCUT2D eigenvalue weighted by atomic mass is 9.44. The maximum absolute atomic E-state index is 6.51. The minimum Gasteiger partial charge on any atom is -0.453 e. The van der Waals surface area contributed by atoms with Gasteiger partial charge in [0.05, 0.1) is 11.4 Å². The summed E-state index contributed by atoms with van der Waals surface area (Å²) in [6.45, 7) is 4.77. The van der Waals surface area contributed by atoms with Crippen LogP contribution in [0.2, 0.25) is 0 Å². The van der Waals surface area contributed by atoms with Crippen molar-refractivity contribution in [3.63, 3.8) is 0 Å². The normalized spacial score (nSPS) is 17.9. The highest BCUT2D eigenvalue weighted by molar-refractivity contribution is 6.91. The molecule has 0 saturated heterocycles. The number of anilines is 2. The van der Waals surface area contributed by atoms with Crippen molar-refractivity contribution in [1.82, 2.24) is 0 Å². The zero-order chi connectivity index (χ0) is 25.4. The fourth-order valence-electron chi connectivity index (χ4n) is 7.21. The largest absolute Gasteiger partial charge is 0.453 e. The highest BCUT2D eigenvalue weighted by atomic mass is 16.5. The van der Waals surface area contributed by atoms with Gasteiger partial charge in [0.2, 0.25) is 0 Å². The molecule has 0 amide bonds. The zero-order valence-electron chi connectivity index (χ0n) is 21.7. The molecule has 3 aliphatic rings. The van der Waals surface area contributed by atoms with Crippen LogP contribution in [-0.2, 0) is 6.42 Å². The molecular formula is C35H28BNO. The van der Waals surface area contributed by atoms with E-state index in [1.54, 1.807) is 0 Å². The lowest BCUT2D eigenvalue weighted by Gasteiger charge is -2.43. The molecule has 2 nitrogen and oxygen atoms in total. The van der Waals surface area contributed by atoms with E-state index in [9.17, 15) is 0 Å². The van der Waals surface area contributed by atoms with Crippen LogP contribution >= 0.6 is 0 Å². The van der Waals surface area contributed by atoms with Crippen molar-refractivity contribution in [2.75, 3.05) is 4.81 Å². The summed E-state index contributed by atoms with van der Waals surface area (Å²) < 4.78 is 6.51. The monoisotopic (exact) mass is 489 g/mol. The Bertz CT molecular complexity index is 1730. The van der Waals surface area contributed by atoms with E-state index in [-0.39, 0.29) is 6.85 Å². The van der Waals surface area contributed by atoms with Gasteiger partial charge in [-0.1, -0.05) is 103 Å². The smallest absolute Gasteiger partial charge is 0.329 e. The van der Waals surface area contributed by atoms with Gasteiger partial charge in [0.1, 0.15) is 5.75 Å². The number of aryl methyl sites for hydroxylation is 1. The van der Waals surface area contributed by atoms with E-state index >= 15 is 0 Å². The minimum atomic E-state index is 0.0822. The maximum atomic E-state index is 6.51. The van der Waals surface area contributed by atoms with Crippen molar-refractivity contribution in [3.8, 4) is 22.6 Å². The third-order valence-electron chi connectivity index (χ3n) is 8.85. The van der Waals surface area contributed by atoms with E-state index in [1.807, 2.05) is 0 Å². The number of hydrogen-bond acceptors (Lipinski definition) is 2. The number of para-hydroxylation sites is 3. The van der Waals surface area contributed by atoms with Gasteiger partial charge in [0.25, 0.3) is 0 Å². The van der Waals surface area contributed by atoms with Gasteiger partial charge in [-0.05, 0) is 76.6 Å². The fraction of sp³-hybridized carbons (Fsp3) is 0.143. The Kier molecular flexibility index (Phi) is 4.67. The molecule has 0 aromatic heterocycles. The van der Waals surface area contributed by atoms with Crippen molar-refractivity contribution in [3.05, 3.63) is 131 Å². The number of fused-ring (bicyclic) bond motifs is 6. The second kappa shape index (κ2) is 8.13. The Balaban J connectivity index is 1.47. The van der Waals surface area contributed by atoms with Gasteiger partial charge in [0, 0.05) is 5.56 Å². The SMILES string of the molecule is Cc1cc2c3c(c1)C(C)C(Cc1ccccc1)c1ccccc1B3N1c3ccccc3Oc3cccc-2c31. The van der Waals surface area contributed by atoms with Gasteiger partial charge < -0.3 is 9.55 Å². The van der Waals surface area contributed by atoms with Crippen LogP contribution in [0.1, 0.15) is 41.0 Å². The van der Waals surface area contributed by atoms with Gasteiger partial charge >= 0.3 is 6.85 Å². The molecule has 0 radical (unpaired) electrons. The summed E-state index contributed by atoms with van der Waals surface area (Å²) >= 11 is 0. The average molecular weight is 489 g/mol. The highest BCUT2D eigenvalue weighted by Gasteiger charge is 2.47. The molecule has 0 bridgehead atoms. The molecule has 0 spiro atoms. The van der Waals surface area contributed by atoms with Crippen molar-refractivity contribution in [2.24, 2.45) is 0 Å². The first-order valence-electron chi connectivity index (χ1n) is 13.7. The molecule has 3 heterocycles. The predicted octanol–water partition coefficient (Wildman–Crippen LogP) is 7.47. The molecule has 0 N–H and O–H groups in total. The molecule has 182 valence electrons. The summed E-state index contributed by atoms with van der Waals surface area (Å²) in [5.41, 5.74) is 13.4. The summed E-state index contributed by atoms with van der Waals surface area (Å²) in [6, 6.07) is 40.1. The molecule has 5 aromatic rings. The van der Waals surface area contributed by atoms with Crippen molar-refractivity contribution in [1.29, 1.82) is 0 Å². The topological polar surface area (TPSA) is 12.5 Å². The quantitative estimate of drug-likeness (QED) is 0.239. The minimum absolute atomic E-state index is 0.0822. The second-order valence-corrected chi connectivity index (χ2v) is 11.0. The lowest BCUT2D eigenvalue weighted by Crippen LogP contribution is -2.59. The molecule has 0 aliphatic carbocycles. The molecule has 38 heavy (non-hydrogen) atoms. The molecule has 3 heteroatoms. The molecule has 2 unspecified atom stereocenters. The molecular weight excluding hydrogens is 461 g/mol. The lowest BCUT2D eigenvalue weighted by molar-refractivity contribution is 0.478. The molecule has 2 atom stereocenters. The number of ether oxygens (including phenoxy) is 1. The van der Waals surface area contributed by atoms with Gasteiger partial charge in [-0.15, -0.1) is 0 Å². The molecule has 0 fully saturated rings. The zero-order valence-corrected chi connectivity index (χ0v) is 21.7. The molecule has 5 aromatic carbocycles. The van der Waals surface area contributed by atoms with Crippen molar-refractivity contribution < 1.29 is 4.74 Å². The summed E-state index contributed by atoms with van der Waals surface area (Å²) in [4.78, 5) is 2.57. The Hall–Kier alpha value is -4.24. The van der Waals surface area contributed by atoms with Gasteiger partial charge in [0.15, 0.2) is 5.75 Å². The Morgan fingerprint density at radius 1 is 0.737 bits per heavy atom. The highest BCUT2D eigenvalue weighted by Crippen LogP contribution is 2.54. The van der Waals surface area contributed by atoms with Crippen LogP contribution < -0.4 is 20.5 Å². The van der Waals surface area contributed by atoms with Crippen LogP contribution in [0.15, 0.2) is 109 Å². The van der Waals surface area contributed by atoms with Crippen LogP contribution in [0.3, 0.4) is 0 Å². The first kappa shape index (κ1) is 21.8. The van der Waals surface area contributed by atoms with Gasteiger partial charge in [-0.3, -0.25) is 0 Å². The van der Waals surface area contributed by atoms with E-state index in [0.717, 1.165) is 23.6 Å². The van der Waals surface area contributed by atoms with E-state index in [1.165, 1.54) is 50.0 Å². The summed E-state index contributed by atoms with van der Waals surface area (Å²) in [5.74, 6) is 2.61. The second-order valence-electron chi connectivity index (χ2n) is 11.0. The first-order chi connectivity index (χ1) is 18.7. The summed E-state index contributed by atoms with van der Waals surface area (Å²) in [7, 11) is 0. The standard InChI is InChI=1S/C35H28BNO/c1-22-19-28-23(2)27(21-24-11-4-3-5-12-24)25-13-6-7-15-30(25)36-34(28)29(20-22)26-14-10-18-33-35(26)37(36)31-16-8-9-17-32(31)38-33/h3-20,23,27H,21H2,1-2H3. The molecule has 0 saturated carbocycles. The van der Waals surface area contributed by atoms with Crippen LogP contribution in [0.5, 0.6) is 11.5 Å². The Morgan fingerprint density at radius 2 is 1.50 bits per heavy atom. The van der Waals surface area contributed by atoms with E-state index in [0.29, 0.717) is 11.8 Å². The maximum Gasteiger partial charge on any atom is 0.329 e. The fourth-order valence-corrected chi connectivity index (χ4v) is 7.21. The Morgan fingerprint density at radius 3 is 2.39 bits per heavy atom. The summed E-state index contributed by atoms with van der Waals surface area (Å²) in [5, 5.41) is 0. The van der Waals surface area contributed by atoms with E-state index < -0.39 is 0 Å². The van der Waals surface area contributed by atoms with Gasteiger partial charge in [-0.25, -0.2) is 0 Å².